The zero-order valence-corrected chi connectivity index (χ0v) is 12.5. The molecule has 3 heterocycles. The highest BCUT2D eigenvalue weighted by Gasteiger charge is 2.47. The Balaban J connectivity index is 1.89. The maximum atomic E-state index is 12.9. The normalized spacial score (nSPS) is 28.3. The maximum absolute atomic E-state index is 12.9. The molecule has 1 aliphatic carbocycles. The Kier molecular flexibility index (Phi) is 2.99. The van der Waals surface area contributed by atoms with Gasteiger partial charge in [0, 0.05) is 12.2 Å². The SMILES string of the molecule is COc1c2n(cc(C(=O)O)c1=O)CC1O[C@@H]3CC[C@@H](C3)N1C2=O. The van der Waals surface area contributed by atoms with Crippen molar-refractivity contribution in [3.63, 3.8) is 0 Å². The van der Waals surface area contributed by atoms with E-state index in [1.54, 1.807) is 4.90 Å². The fourth-order valence-corrected chi connectivity index (χ4v) is 3.88. The zero-order chi connectivity index (χ0) is 16.3. The van der Waals surface area contributed by atoms with E-state index in [0.29, 0.717) is 6.54 Å². The third kappa shape index (κ3) is 1.91. The average Bonchev–Trinajstić information content (AvgIpc) is 2.88. The van der Waals surface area contributed by atoms with E-state index in [4.69, 9.17) is 9.47 Å². The van der Waals surface area contributed by atoms with Gasteiger partial charge in [-0.2, -0.15) is 0 Å². The lowest BCUT2D eigenvalue weighted by Crippen LogP contribution is -2.57. The lowest BCUT2D eigenvalue weighted by molar-refractivity contribution is -0.132. The van der Waals surface area contributed by atoms with Gasteiger partial charge in [0.1, 0.15) is 5.56 Å². The number of carboxylic acids is 1. The molecule has 4 rings (SSSR count). The number of amides is 1. The maximum Gasteiger partial charge on any atom is 0.341 e. The van der Waals surface area contributed by atoms with E-state index < -0.39 is 23.2 Å². The quantitative estimate of drug-likeness (QED) is 0.841. The highest BCUT2D eigenvalue weighted by molar-refractivity contribution is 5.98. The van der Waals surface area contributed by atoms with Gasteiger partial charge in [-0.1, -0.05) is 0 Å². The fraction of sp³-hybridized carbons (Fsp3) is 0.533. The molecular weight excluding hydrogens is 304 g/mol. The Morgan fingerprint density at radius 3 is 2.87 bits per heavy atom. The number of ether oxygens (including phenoxy) is 2. The molecule has 0 spiro atoms. The van der Waals surface area contributed by atoms with E-state index in [-0.39, 0.29) is 29.5 Å². The van der Waals surface area contributed by atoms with Crippen LogP contribution in [0.5, 0.6) is 5.75 Å². The van der Waals surface area contributed by atoms with Gasteiger partial charge in [-0.05, 0) is 19.3 Å². The van der Waals surface area contributed by atoms with Crippen LogP contribution in [0.1, 0.15) is 40.1 Å². The molecule has 1 saturated heterocycles. The zero-order valence-electron chi connectivity index (χ0n) is 12.5. The van der Waals surface area contributed by atoms with Crippen LogP contribution in [0.15, 0.2) is 11.0 Å². The third-order valence-corrected chi connectivity index (χ3v) is 4.87. The van der Waals surface area contributed by atoms with Crippen molar-refractivity contribution in [3.05, 3.63) is 27.7 Å². The number of pyridine rings is 1. The molecule has 8 heteroatoms. The summed E-state index contributed by atoms with van der Waals surface area (Å²) < 4.78 is 12.5. The number of fused-ring (bicyclic) bond motifs is 5. The van der Waals surface area contributed by atoms with Crippen LogP contribution in [0.25, 0.3) is 0 Å². The lowest BCUT2D eigenvalue weighted by Gasteiger charge is -2.44. The Morgan fingerprint density at radius 2 is 2.17 bits per heavy atom. The molecule has 23 heavy (non-hydrogen) atoms. The number of aromatic carboxylic acids is 1. The van der Waals surface area contributed by atoms with E-state index in [1.165, 1.54) is 17.9 Å². The van der Waals surface area contributed by atoms with Crippen molar-refractivity contribution in [2.24, 2.45) is 0 Å². The molecule has 0 radical (unpaired) electrons. The molecular formula is C15H16N2O6. The number of aromatic nitrogens is 1. The number of carbonyl (C=O) groups is 2. The van der Waals surface area contributed by atoms with Gasteiger partial charge in [-0.25, -0.2) is 4.79 Å². The molecule has 122 valence electrons. The smallest absolute Gasteiger partial charge is 0.341 e. The first-order valence-corrected chi connectivity index (χ1v) is 7.54. The highest BCUT2D eigenvalue weighted by atomic mass is 16.5. The van der Waals surface area contributed by atoms with Gasteiger partial charge in [0.05, 0.1) is 19.8 Å². The van der Waals surface area contributed by atoms with E-state index in [2.05, 4.69) is 0 Å². The minimum atomic E-state index is -1.34. The third-order valence-electron chi connectivity index (χ3n) is 4.87. The predicted octanol–water partition coefficient (Wildman–Crippen LogP) is 0.288. The second-order valence-electron chi connectivity index (χ2n) is 6.10. The molecule has 1 aromatic rings. The van der Waals surface area contributed by atoms with Crippen molar-refractivity contribution in [2.45, 2.75) is 44.2 Å². The van der Waals surface area contributed by atoms with Gasteiger partial charge in [-0.3, -0.25) is 9.59 Å². The fourth-order valence-electron chi connectivity index (χ4n) is 3.88. The summed E-state index contributed by atoms with van der Waals surface area (Å²) in [5.41, 5.74) is -1.08. The van der Waals surface area contributed by atoms with Crippen molar-refractivity contribution in [3.8, 4) is 5.75 Å². The number of methoxy groups -OCH3 is 1. The highest BCUT2D eigenvalue weighted by Crippen LogP contribution is 2.38. The van der Waals surface area contributed by atoms with Crippen molar-refractivity contribution >= 4 is 11.9 Å². The molecule has 3 aliphatic rings. The summed E-state index contributed by atoms with van der Waals surface area (Å²) >= 11 is 0. The molecule has 1 N–H and O–H groups in total. The van der Waals surface area contributed by atoms with E-state index in [9.17, 15) is 19.5 Å². The summed E-state index contributed by atoms with van der Waals surface area (Å²) in [7, 11) is 1.26. The molecule has 2 bridgehead atoms. The van der Waals surface area contributed by atoms with Crippen LogP contribution in [0, 0.1) is 0 Å². The Bertz CT molecular complexity index is 770. The predicted molar refractivity (Wildman–Crippen MR) is 76.7 cm³/mol. The molecule has 1 saturated carbocycles. The second-order valence-corrected chi connectivity index (χ2v) is 6.10. The van der Waals surface area contributed by atoms with Gasteiger partial charge in [0.2, 0.25) is 5.43 Å². The summed E-state index contributed by atoms with van der Waals surface area (Å²) in [6, 6.07) is 0.110. The van der Waals surface area contributed by atoms with Gasteiger partial charge in [0.25, 0.3) is 5.91 Å². The van der Waals surface area contributed by atoms with Crippen molar-refractivity contribution in [2.75, 3.05) is 7.11 Å². The number of hydrogen-bond acceptors (Lipinski definition) is 5. The molecule has 1 unspecified atom stereocenters. The van der Waals surface area contributed by atoms with Crippen LogP contribution in [-0.2, 0) is 11.3 Å². The number of carboxylic acid groups (broad SMARTS) is 1. The van der Waals surface area contributed by atoms with E-state index >= 15 is 0 Å². The largest absolute Gasteiger partial charge is 0.491 e. The summed E-state index contributed by atoms with van der Waals surface area (Å²) in [5.74, 6) is -1.89. The summed E-state index contributed by atoms with van der Waals surface area (Å²) in [5, 5.41) is 9.18. The minimum Gasteiger partial charge on any atom is -0.491 e. The Hall–Kier alpha value is -2.35. The molecule has 2 fully saturated rings. The monoisotopic (exact) mass is 320 g/mol. The van der Waals surface area contributed by atoms with Crippen LogP contribution in [0.4, 0.5) is 0 Å². The molecule has 2 aliphatic heterocycles. The minimum absolute atomic E-state index is 0.104. The summed E-state index contributed by atoms with van der Waals surface area (Å²) in [6.07, 6.45) is 3.54. The first-order chi connectivity index (χ1) is 11.0. The number of carbonyl (C=O) groups excluding carboxylic acids is 1. The van der Waals surface area contributed by atoms with Crippen molar-refractivity contribution in [1.29, 1.82) is 0 Å². The first kappa shape index (κ1) is 14.3. The van der Waals surface area contributed by atoms with Crippen LogP contribution < -0.4 is 10.2 Å². The first-order valence-electron chi connectivity index (χ1n) is 7.54. The number of hydrogen-bond donors (Lipinski definition) is 1. The van der Waals surface area contributed by atoms with Crippen LogP contribution in [-0.4, -0.2) is 51.9 Å². The summed E-state index contributed by atoms with van der Waals surface area (Å²) in [4.78, 5) is 38.1. The summed E-state index contributed by atoms with van der Waals surface area (Å²) in [6.45, 7) is 0.297. The van der Waals surface area contributed by atoms with Gasteiger partial charge < -0.3 is 24.0 Å². The topological polar surface area (TPSA) is 98.1 Å². The number of nitrogens with zero attached hydrogens (tertiary/aromatic N) is 2. The van der Waals surface area contributed by atoms with Crippen molar-refractivity contribution < 1.29 is 24.2 Å². The second kappa shape index (κ2) is 4.82. The van der Waals surface area contributed by atoms with Gasteiger partial charge >= 0.3 is 5.97 Å². The van der Waals surface area contributed by atoms with Crippen LogP contribution in [0.3, 0.4) is 0 Å². The standard InChI is InChI=1S/C15H16N2O6/c1-22-13-11-14(19)17-7-2-3-8(4-7)23-10(17)6-16(11)5-9(12(13)18)15(20)21/h5,7-8,10H,2-4,6H2,1H3,(H,20,21)/t7-,8+,10?/m0/s1. The van der Waals surface area contributed by atoms with E-state index in [1.807, 2.05) is 0 Å². The lowest BCUT2D eigenvalue weighted by atomic mass is 10.1. The molecule has 0 aromatic carbocycles. The van der Waals surface area contributed by atoms with Gasteiger partial charge in [0.15, 0.2) is 17.7 Å². The van der Waals surface area contributed by atoms with Crippen molar-refractivity contribution in [1.82, 2.24) is 9.47 Å². The van der Waals surface area contributed by atoms with E-state index in [0.717, 1.165) is 19.3 Å². The molecule has 8 nitrogen and oxygen atoms in total. The Morgan fingerprint density at radius 1 is 1.39 bits per heavy atom. The van der Waals surface area contributed by atoms with Crippen LogP contribution >= 0.6 is 0 Å². The Labute approximate surface area is 131 Å². The average molecular weight is 320 g/mol. The van der Waals surface area contributed by atoms with Gasteiger partial charge in [-0.15, -0.1) is 0 Å². The molecule has 3 atom stereocenters. The number of rotatable bonds is 2. The molecule has 1 aromatic heterocycles. The van der Waals surface area contributed by atoms with Crippen LogP contribution in [0.2, 0.25) is 0 Å². The molecule has 1 amide bonds.